The number of fused-ring (bicyclic) bond motifs is 5. The molecule has 6 rings (SSSR count). The summed E-state index contributed by atoms with van der Waals surface area (Å²) in [7, 11) is 0. The van der Waals surface area contributed by atoms with E-state index >= 15 is 0 Å². The van der Waals surface area contributed by atoms with E-state index in [9.17, 15) is 14.4 Å². The summed E-state index contributed by atoms with van der Waals surface area (Å²) in [5.74, 6) is 2.34. The van der Waals surface area contributed by atoms with Crippen LogP contribution in [0.25, 0.3) is 0 Å². The maximum Gasteiger partial charge on any atom is 0.338 e. The molecular formula is C36H48O5. The fraction of sp³-hybridized carbons (Fsp3) is 0.694. The summed E-state index contributed by atoms with van der Waals surface area (Å²) in [5.41, 5.74) is 1.88. The molecule has 0 aromatic heterocycles. The highest BCUT2D eigenvalue weighted by Crippen LogP contribution is 2.66. The van der Waals surface area contributed by atoms with Crippen LogP contribution < -0.4 is 0 Å². The molecule has 0 amide bonds. The molecule has 10 atom stereocenters. The zero-order chi connectivity index (χ0) is 29.1. The molecule has 5 aliphatic rings. The van der Waals surface area contributed by atoms with Crippen LogP contribution in [0.1, 0.15) is 103 Å². The van der Waals surface area contributed by atoms with Crippen LogP contribution in [0.4, 0.5) is 0 Å². The van der Waals surface area contributed by atoms with Gasteiger partial charge < -0.3 is 9.47 Å². The van der Waals surface area contributed by atoms with E-state index in [0.717, 1.165) is 51.4 Å². The minimum absolute atomic E-state index is 0.0266. The number of benzene rings is 1. The third-order valence-corrected chi connectivity index (χ3v) is 12.6. The Morgan fingerprint density at radius 3 is 2.46 bits per heavy atom. The van der Waals surface area contributed by atoms with Crippen molar-refractivity contribution in [2.45, 2.75) is 105 Å². The van der Waals surface area contributed by atoms with Crippen LogP contribution in [0.15, 0.2) is 42.0 Å². The normalized spacial score (nSPS) is 41.0. The predicted molar refractivity (Wildman–Crippen MR) is 158 cm³/mol. The molecule has 1 aromatic carbocycles. The lowest BCUT2D eigenvalue weighted by Gasteiger charge is -2.60. The summed E-state index contributed by atoms with van der Waals surface area (Å²) >= 11 is 0. The van der Waals surface area contributed by atoms with Gasteiger partial charge in [-0.25, -0.2) is 4.79 Å². The number of hydrogen-bond acceptors (Lipinski definition) is 5. The number of esters is 2. The molecule has 1 aliphatic heterocycles. The van der Waals surface area contributed by atoms with E-state index in [0.29, 0.717) is 47.4 Å². The Morgan fingerprint density at radius 2 is 1.73 bits per heavy atom. The van der Waals surface area contributed by atoms with Crippen molar-refractivity contribution in [3.63, 3.8) is 0 Å². The molecule has 5 heteroatoms. The van der Waals surface area contributed by atoms with E-state index in [1.165, 1.54) is 5.57 Å². The summed E-state index contributed by atoms with van der Waals surface area (Å²) in [6, 6.07) is 9.31. The van der Waals surface area contributed by atoms with E-state index in [2.05, 4.69) is 34.6 Å². The van der Waals surface area contributed by atoms with Crippen molar-refractivity contribution in [3.05, 3.63) is 47.5 Å². The number of allylic oxidation sites excluding steroid dienone is 1. The molecule has 1 heterocycles. The number of rotatable bonds is 5. The summed E-state index contributed by atoms with van der Waals surface area (Å²) < 4.78 is 11.9. The maximum absolute atomic E-state index is 13.8. The van der Waals surface area contributed by atoms with Gasteiger partial charge in [0, 0.05) is 18.3 Å². The second-order valence-electron chi connectivity index (χ2n) is 14.9. The second-order valence-corrected chi connectivity index (χ2v) is 14.9. The van der Waals surface area contributed by atoms with Gasteiger partial charge in [0.05, 0.1) is 5.56 Å². The molecule has 5 nitrogen and oxygen atoms in total. The molecule has 1 aromatic rings. The zero-order valence-corrected chi connectivity index (χ0v) is 25.6. The SMILES string of the molecule is CC(C)[C@H]1CC(=O)OC([C@@H](C)C2=CC(=O)C3C4CCC5CC(OC(=O)c6ccccc6)CC[C@]5(C)C4CC[C@]23C)C1. The third-order valence-electron chi connectivity index (χ3n) is 12.6. The van der Waals surface area contributed by atoms with Gasteiger partial charge in [-0.3, -0.25) is 9.59 Å². The molecule has 0 spiro atoms. The fourth-order valence-corrected chi connectivity index (χ4v) is 10.1. The lowest BCUT2D eigenvalue weighted by Crippen LogP contribution is -2.55. The molecule has 41 heavy (non-hydrogen) atoms. The first-order valence-electron chi connectivity index (χ1n) is 16.2. The number of hydrogen-bond donors (Lipinski definition) is 0. The van der Waals surface area contributed by atoms with Crippen molar-refractivity contribution >= 4 is 17.7 Å². The highest BCUT2D eigenvalue weighted by Gasteiger charge is 2.62. The lowest BCUT2D eigenvalue weighted by atomic mass is 9.44. The molecule has 4 fully saturated rings. The van der Waals surface area contributed by atoms with Crippen molar-refractivity contribution < 1.29 is 23.9 Å². The van der Waals surface area contributed by atoms with Crippen LogP contribution in [0.3, 0.4) is 0 Å². The number of carbonyl (C=O) groups excluding carboxylic acids is 3. The topological polar surface area (TPSA) is 69.7 Å². The van der Waals surface area contributed by atoms with E-state index < -0.39 is 0 Å². The Bertz CT molecular complexity index is 1220. The first kappa shape index (κ1) is 28.7. The number of carbonyl (C=O) groups is 3. The van der Waals surface area contributed by atoms with Crippen LogP contribution >= 0.6 is 0 Å². The fourth-order valence-electron chi connectivity index (χ4n) is 10.1. The van der Waals surface area contributed by atoms with Crippen LogP contribution in [0.2, 0.25) is 0 Å². The van der Waals surface area contributed by atoms with Gasteiger partial charge >= 0.3 is 11.9 Å². The maximum atomic E-state index is 13.8. The van der Waals surface area contributed by atoms with Crippen molar-refractivity contribution in [3.8, 4) is 0 Å². The largest absolute Gasteiger partial charge is 0.462 e. The monoisotopic (exact) mass is 560 g/mol. The summed E-state index contributed by atoms with van der Waals surface area (Å²) in [4.78, 5) is 39.1. The first-order valence-corrected chi connectivity index (χ1v) is 16.2. The first-order chi connectivity index (χ1) is 19.5. The van der Waals surface area contributed by atoms with Gasteiger partial charge in [0.1, 0.15) is 12.2 Å². The van der Waals surface area contributed by atoms with Crippen LogP contribution in [-0.2, 0) is 19.1 Å². The summed E-state index contributed by atoms with van der Waals surface area (Å²) in [6.45, 7) is 11.4. The Balaban J connectivity index is 1.16. The minimum Gasteiger partial charge on any atom is -0.462 e. The third kappa shape index (κ3) is 4.89. The van der Waals surface area contributed by atoms with Gasteiger partial charge in [0.2, 0.25) is 0 Å². The van der Waals surface area contributed by atoms with Gasteiger partial charge in [-0.2, -0.15) is 0 Å². The van der Waals surface area contributed by atoms with E-state index in [-0.39, 0.29) is 46.8 Å². The molecule has 0 N–H and O–H groups in total. The Morgan fingerprint density at radius 1 is 0.976 bits per heavy atom. The number of cyclic esters (lactones) is 1. The summed E-state index contributed by atoms with van der Waals surface area (Å²) in [5, 5.41) is 0. The van der Waals surface area contributed by atoms with E-state index in [4.69, 9.17) is 9.47 Å². The van der Waals surface area contributed by atoms with Gasteiger partial charge in [0.25, 0.3) is 0 Å². The van der Waals surface area contributed by atoms with Gasteiger partial charge in [-0.1, -0.05) is 58.4 Å². The average Bonchev–Trinajstić information content (AvgIpc) is 3.23. The molecular weight excluding hydrogens is 512 g/mol. The molecule has 0 bridgehead atoms. The zero-order valence-electron chi connectivity index (χ0n) is 25.6. The molecule has 0 radical (unpaired) electrons. The van der Waals surface area contributed by atoms with Crippen LogP contribution in [-0.4, -0.2) is 29.9 Å². The number of ether oxygens (including phenoxy) is 2. The highest BCUT2D eigenvalue weighted by atomic mass is 16.5. The van der Waals surface area contributed by atoms with Crippen molar-refractivity contribution in [1.82, 2.24) is 0 Å². The lowest BCUT2D eigenvalue weighted by molar-refractivity contribution is -0.161. The Labute approximate surface area is 245 Å². The van der Waals surface area contributed by atoms with Crippen molar-refractivity contribution in [2.75, 3.05) is 0 Å². The van der Waals surface area contributed by atoms with Crippen molar-refractivity contribution in [1.29, 1.82) is 0 Å². The molecule has 3 saturated carbocycles. The quantitative estimate of drug-likeness (QED) is 0.347. The number of ketones is 1. The molecule has 6 unspecified atom stereocenters. The van der Waals surface area contributed by atoms with Gasteiger partial charge in [0.15, 0.2) is 5.78 Å². The second kappa shape index (κ2) is 10.7. The van der Waals surface area contributed by atoms with Crippen LogP contribution in [0, 0.1) is 52.3 Å². The minimum atomic E-state index is -0.214. The van der Waals surface area contributed by atoms with E-state index in [1.54, 1.807) is 0 Å². The van der Waals surface area contributed by atoms with Gasteiger partial charge in [-0.05, 0) is 110 Å². The average molecular weight is 561 g/mol. The Kier molecular flexibility index (Phi) is 7.47. The summed E-state index contributed by atoms with van der Waals surface area (Å²) in [6.07, 6.45) is 10.4. The van der Waals surface area contributed by atoms with Crippen molar-refractivity contribution in [2.24, 2.45) is 52.3 Å². The van der Waals surface area contributed by atoms with E-state index in [1.807, 2.05) is 36.4 Å². The Hall–Kier alpha value is -2.43. The smallest absolute Gasteiger partial charge is 0.338 e. The molecule has 1 saturated heterocycles. The van der Waals surface area contributed by atoms with Gasteiger partial charge in [-0.15, -0.1) is 0 Å². The molecule has 222 valence electrons. The highest BCUT2D eigenvalue weighted by molar-refractivity contribution is 5.97. The van der Waals surface area contributed by atoms with Crippen LogP contribution in [0.5, 0.6) is 0 Å². The predicted octanol–water partition coefficient (Wildman–Crippen LogP) is 7.58. The standard InChI is InChI=1S/C36H48O5/c1-21(2)24-17-31(41-32(38)18-24)22(3)29-20-30(37)33-27-12-11-25-19-26(40-34(39)23-9-7-6-8-10-23)13-15-35(25,4)28(27)14-16-36(29,33)5/h6-10,20-22,24-28,31,33H,11-19H2,1-5H3/t22-,24+,25?,26?,27?,28?,31?,33?,35-,36+/m0/s1. The molecule has 4 aliphatic carbocycles.